The number of rotatable bonds is 6. The van der Waals surface area contributed by atoms with E-state index in [1.165, 1.54) is 5.41 Å². The third kappa shape index (κ3) is 4.73. The third-order valence-electron chi connectivity index (χ3n) is 6.20. The number of ether oxygens (including phenoxy) is 2. The van der Waals surface area contributed by atoms with Gasteiger partial charge in [0.05, 0.1) is 36.6 Å². The SMILES string of the molecule is CC(C)=CS(=O)(=O)CC[C@@H]1OCC[C@@]2([S+]([O-])c3ccc(Cl)cc3)c3c(F)ccc(F)c3OC[C@@H]12. The first-order valence-corrected chi connectivity index (χ1v) is 14.1. The van der Waals surface area contributed by atoms with Crippen molar-refractivity contribution in [3.05, 3.63) is 69.6 Å². The summed E-state index contributed by atoms with van der Waals surface area (Å²) < 4.78 is 79.3. The number of benzene rings is 2. The molecule has 0 aliphatic carbocycles. The second-order valence-corrected chi connectivity index (χ2v) is 12.9. The molecule has 0 amide bonds. The monoisotopic (exact) mass is 530 g/mol. The second kappa shape index (κ2) is 9.78. The Morgan fingerprint density at radius 2 is 1.88 bits per heavy atom. The summed E-state index contributed by atoms with van der Waals surface area (Å²) in [6.07, 6.45) is -0.423. The molecule has 0 radical (unpaired) electrons. The van der Waals surface area contributed by atoms with Crippen molar-refractivity contribution in [2.75, 3.05) is 19.0 Å². The number of halogens is 3. The predicted octanol–water partition coefficient (Wildman–Crippen LogP) is 5.15. The topological polar surface area (TPSA) is 75.7 Å². The molecule has 1 saturated heterocycles. The van der Waals surface area contributed by atoms with Crippen LogP contribution in [0.25, 0.3) is 0 Å². The number of allylic oxidation sites excluding steroid dienone is 1. The van der Waals surface area contributed by atoms with Gasteiger partial charge in [-0.15, -0.1) is 0 Å². The molecule has 1 unspecified atom stereocenters. The van der Waals surface area contributed by atoms with Crippen LogP contribution in [0.5, 0.6) is 5.75 Å². The largest absolute Gasteiger partial charge is 0.611 e. The van der Waals surface area contributed by atoms with Crippen LogP contribution < -0.4 is 4.74 Å². The minimum absolute atomic E-state index is 0.0833. The van der Waals surface area contributed by atoms with Crippen LogP contribution in [0.1, 0.15) is 32.3 Å². The summed E-state index contributed by atoms with van der Waals surface area (Å²) in [7, 11) is -3.50. The first-order valence-electron chi connectivity index (χ1n) is 10.8. The minimum atomic E-state index is -3.50. The molecule has 34 heavy (non-hydrogen) atoms. The van der Waals surface area contributed by atoms with Gasteiger partial charge in [0.1, 0.15) is 5.82 Å². The molecule has 0 saturated carbocycles. The van der Waals surface area contributed by atoms with Crippen molar-refractivity contribution in [1.29, 1.82) is 0 Å². The lowest BCUT2D eigenvalue weighted by atomic mass is 9.75. The van der Waals surface area contributed by atoms with E-state index in [0.717, 1.165) is 12.1 Å². The van der Waals surface area contributed by atoms with Gasteiger partial charge in [-0.2, -0.15) is 0 Å². The standard InChI is InChI=1S/C24H25ClF2O5S2/c1-15(2)14-34(29,30)12-9-21-18-13-32-23-20(27)8-7-19(26)22(23)24(18,10-11-31-21)33(28)17-5-3-16(25)4-6-17/h3-8,14,18,21H,9-13H2,1-2H3/t18-,21-,24-,33?/m0/s1. The molecule has 4 atom stereocenters. The van der Waals surface area contributed by atoms with Gasteiger partial charge in [-0.05, 0) is 67.8 Å². The Labute approximate surface area is 206 Å². The Hall–Kier alpha value is -1.65. The normalized spacial score (nSPS) is 25.0. The number of sulfone groups is 1. The first kappa shape index (κ1) is 25.4. The highest BCUT2D eigenvalue weighted by Crippen LogP contribution is 2.55. The van der Waals surface area contributed by atoms with E-state index in [-0.39, 0.29) is 43.1 Å². The van der Waals surface area contributed by atoms with Crippen LogP contribution in [0.3, 0.4) is 0 Å². The molecular formula is C24H25ClF2O5S2. The zero-order valence-electron chi connectivity index (χ0n) is 18.7. The quantitative estimate of drug-likeness (QED) is 0.483. The maximum atomic E-state index is 15.3. The van der Waals surface area contributed by atoms with Crippen LogP contribution in [0.15, 0.2) is 52.3 Å². The highest BCUT2D eigenvalue weighted by Gasteiger charge is 2.62. The van der Waals surface area contributed by atoms with E-state index in [1.54, 1.807) is 38.1 Å². The maximum Gasteiger partial charge on any atom is 0.173 e. The summed E-state index contributed by atoms with van der Waals surface area (Å²) in [5.74, 6) is -2.57. The minimum Gasteiger partial charge on any atom is -0.611 e. The van der Waals surface area contributed by atoms with E-state index in [4.69, 9.17) is 21.1 Å². The second-order valence-electron chi connectivity index (χ2n) is 8.77. The number of fused-ring (bicyclic) bond motifs is 3. The molecule has 2 aromatic rings. The van der Waals surface area contributed by atoms with E-state index in [9.17, 15) is 17.4 Å². The van der Waals surface area contributed by atoms with Crippen molar-refractivity contribution < 1.29 is 31.2 Å². The fourth-order valence-electron chi connectivity index (χ4n) is 4.83. The number of hydrogen-bond donors (Lipinski definition) is 0. The lowest BCUT2D eigenvalue weighted by molar-refractivity contribution is -0.0732. The van der Waals surface area contributed by atoms with Gasteiger partial charge in [0.25, 0.3) is 0 Å². The highest BCUT2D eigenvalue weighted by atomic mass is 35.5. The molecule has 2 aliphatic rings. The van der Waals surface area contributed by atoms with Gasteiger partial charge >= 0.3 is 0 Å². The van der Waals surface area contributed by atoms with Crippen molar-refractivity contribution in [1.82, 2.24) is 0 Å². The van der Waals surface area contributed by atoms with E-state index < -0.39 is 49.4 Å². The van der Waals surface area contributed by atoms with E-state index in [2.05, 4.69) is 0 Å². The van der Waals surface area contributed by atoms with Crippen LogP contribution in [-0.4, -0.2) is 38.0 Å². The van der Waals surface area contributed by atoms with E-state index >= 15 is 4.39 Å². The van der Waals surface area contributed by atoms with Gasteiger partial charge < -0.3 is 14.0 Å². The van der Waals surface area contributed by atoms with Crippen LogP contribution in [0.4, 0.5) is 8.78 Å². The predicted molar refractivity (Wildman–Crippen MR) is 127 cm³/mol. The van der Waals surface area contributed by atoms with Crippen molar-refractivity contribution in [3.8, 4) is 5.75 Å². The first-order chi connectivity index (χ1) is 16.0. The Morgan fingerprint density at radius 1 is 1.21 bits per heavy atom. The van der Waals surface area contributed by atoms with Crippen molar-refractivity contribution in [3.63, 3.8) is 0 Å². The summed E-state index contributed by atoms with van der Waals surface area (Å²) >= 11 is 4.16. The fraction of sp³-hybridized carbons (Fsp3) is 0.417. The van der Waals surface area contributed by atoms with Crippen molar-refractivity contribution in [2.24, 2.45) is 5.92 Å². The van der Waals surface area contributed by atoms with Crippen LogP contribution in [0.2, 0.25) is 5.02 Å². The molecule has 2 aromatic carbocycles. The van der Waals surface area contributed by atoms with Crippen LogP contribution in [-0.2, 0) is 30.5 Å². The lowest BCUT2D eigenvalue weighted by Gasteiger charge is -2.50. The third-order valence-corrected chi connectivity index (χ3v) is 10.2. The molecule has 1 fully saturated rings. The fourth-order valence-corrected chi connectivity index (χ4v) is 8.30. The lowest BCUT2D eigenvalue weighted by Crippen LogP contribution is -2.57. The Balaban J connectivity index is 1.80. The Kier molecular flexibility index (Phi) is 7.32. The molecular weight excluding hydrogens is 506 g/mol. The Bertz CT molecular complexity index is 1200. The molecule has 2 heterocycles. The highest BCUT2D eigenvalue weighted by molar-refractivity contribution is 7.94. The molecule has 5 nitrogen and oxygen atoms in total. The summed E-state index contributed by atoms with van der Waals surface area (Å²) in [4.78, 5) is 0.406. The Morgan fingerprint density at radius 3 is 2.56 bits per heavy atom. The average molecular weight is 531 g/mol. The average Bonchev–Trinajstić information content (AvgIpc) is 2.78. The van der Waals surface area contributed by atoms with Gasteiger partial charge in [-0.25, -0.2) is 17.2 Å². The molecule has 0 N–H and O–H groups in total. The molecule has 0 aromatic heterocycles. The van der Waals surface area contributed by atoms with Gasteiger partial charge in [-0.1, -0.05) is 17.2 Å². The zero-order chi connectivity index (χ0) is 24.7. The zero-order valence-corrected chi connectivity index (χ0v) is 21.1. The molecule has 4 rings (SSSR count). The van der Waals surface area contributed by atoms with Crippen molar-refractivity contribution >= 4 is 32.6 Å². The van der Waals surface area contributed by atoms with Gasteiger partial charge in [-0.3, -0.25) is 0 Å². The molecule has 0 spiro atoms. The molecule has 184 valence electrons. The summed E-state index contributed by atoms with van der Waals surface area (Å²) in [5.41, 5.74) is 0.563. The molecule has 0 bridgehead atoms. The summed E-state index contributed by atoms with van der Waals surface area (Å²) in [6, 6.07) is 8.36. The summed E-state index contributed by atoms with van der Waals surface area (Å²) in [5, 5.41) is 1.66. The van der Waals surface area contributed by atoms with Crippen LogP contribution in [0, 0.1) is 17.6 Å². The molecule has 2 aliphatic heterocycles. The van der Waals surface area contributed by atoms with Crippen LogP contribution >= 0.6 is 11.6 Å². The smallest absolute Gasteiger partial charge is 0.173 e. The van der Waals surface area contributed by atoms with Crippen molar-refractivity contribution in [2.45, 2.75) is 42.4 Å². The van der Waals surface area contributed by atoms with Gasteiger partial charge in [0.2, 0.25) is 0 Å². The maximum absolute atomic E-state index is 15.3. The van der Waals surface area contributed by atoms with E-state index in [1.807, 2.05) is 0 Å². The van der Waals surface area contributed by atoms with Gasteiger partial charge in [0, 0.05) is 16.9 Å². The number of hydrogen-bond acceptors (Lipinski definition) is 5. The van der Waals surface area contributed by atoms with Gasteiger partial charge in [0.15, 0.2) is 31.0 Å². The summed E-state index contributed by atoms with van der Waals surface area (Å²) in [6.45, 7) is 3.41. The molecule has 10 heteroatoms. The van der Waals surface area contributed by atoms with E-state index in [0.29, 0.717) is 15.5 Å².